The Morgan fingerprint density at radius 1 is 1.13 bits per heavy atom. The van der Waals surface area contributed by atoms with Crippen LogP contribution in [0, 0.1) is 0 Å². The minimum absolute atomic E-state index is 0.105. The summed E-state index contributed by atoms with van der Waals surface area (Å²) in [5.41, 5.74) is 2.00. The summed E-state index contributed by atoms with van der Waals surface area (Å²) in [6.45, 7) is 0. The van der Waals surface area contributed by atoms with Crippen LogP contribution in [0.15, 0.2) is 95.7 Å². The Hall–Kier alpha value is -4.33. The van der Waals surface area contributed by atoms with Gasteiger partial charge in [0.15, 0.2) is 17.7 Å². The van der Waals surface area contributed by atoms with Gasteiger partial charge in [-0.25, -0.2) is 4.68 Å². The first-order valence-corrected chi connectivity index (χ1v) is 9.73. The summed E-state index contributed by atoms with van der Waals surface area (Å²) in [7, 11) is 0. The van der Waals surface area contributed by atoms with Crippen LogP contribution in [-0.4, -0.2) is 24.7 Å². The lowest BCUT2D eigenvalue weighted by molar-refractivity contribution is 0.265. The van der Waals surface area contributed by atoms with Crippen molar-refractivity contribution >= 4 is 5.88 Å². The molecular formula is C23H18N4O4. The number of aromatic nitrogens is 4. The first-order valence-electron chi connectivity index (χ1n) is 9.73. The zero-order chi connectivity index (χ0) is 21.2. The summed E-state index contributed by atoms with van der Waals surface area (Å²) in [5.74, 6) is 1.03. The van der Waals surface area contributed by atoms with Crippen molar-refractivity contribution in [3.05, 3.63) is 101 Å². The van der Waals surface area contributed by atoms with E-state index in [0.717, 1.165) is 18.4 Å². The van der Waals surface area contributed by atoms with Crippen LogP contribution in [0.2, 0.25) is 0 Å². The molecule has 1 aliphatic heterocycles. The van der Waals surface area contributed by atoms with E-state index in [1.165, 1.54) is 21.7 Å². The second-order valence-electron chi connectivity index (χ2n) is 6.96. The molecule has 0 atom stereocenters. The maximum Gasteiger partial charge on any atom is 0.257 e. The van der Waals surface area contributed by atoms with E-state index in [-0.39, 0.29) is 16.9 Å². The van der Waals surface area contributed by atoms with Crippen LogP contribution in [0.4, 0.5) is 0 Å². The summed E-state index contributed by atoms with van der Waals surface area (Å²) in [5, 5.41) is 18.5. The van der Waals surface area contributed by atoms with Crippen LogP contribution in [0.1, 0.15) is 12.8 Å². The Morgan fingerprint density at radius 3 is 2.90 bits per heavy atom. The average molecular weight is 414 g/mol. The van der Waals surface area contributed by atoms with Gasteiger partial charge in [0.25, 0.3) is 5.88 Å². The maximum absolute atomic E-state index is 12.6. The number of nitrogens with zero attached hydrogens (tertiary/aromatic N) is 4. The maximum atomic E-state index is 12.6. The Labute approximate surface area is 177 Å². The molecule has 0 radical (unpaired) electrons. The van der Waals surface area contributed by atoms with Gasteiger partial charge in [-0.15, -0.1) is 0 Å². The molecule has 0 spiro atoms. The van der Waals surface area contributed by atoms with Crippen LogP contribution >= 0.6 is 0 Å². The smallest absolute Gasteiger partial charge is 0.257 e. The first kappa shape index (κ1) is 18.7. The van der Waals surface area contributed by atoms with E-state index in [0.29, 0.717) is 23.0 Å². The number of phenolic OH excluding ortho intramolecular Hbond substituents is 1. The fourth-order valence-electron chi connectivity index (χ4n) is 3.38. The lowest BCUT2D eigenvalue weighted by Crippen LogP contribution is -2.16. The molecule has 8 nitrogen and oxygen atoms in total. The van der Waals surface area contributed by atoms with Crippen molar-refractivity contribution in [2.24, 2.45) is 0 Å². The normalized spacial score (nSPS) is 15.4. The molecule has 3 heterocycles. The molecule has 1 aliphatic carbocycles. The third-order valence-electron chi connectivity index (χ3n) is 4.89. The second-order valence-corrected chi connectivity index (χ2v) is 6.96. The van der Waals surface area contributed by atoms with E-state index in [1.807, 2.05) is 12.2 Å². The van der Waals surface area contributed by atoms with E-state index >= 15 is 0 Å². The van der Waals surface area contributed by atoms with E-state index < -0.39 is 0 Å². The zero-order valence-electron chi connectivity index (χ0n) is 16.4. The lowest BCUT2D eigenvalue weighted by atomic mass is 10.0. The van der Waals surface area contributed by atoms with Crippen molar-refractivity contribution in [2.75, 3.05) is 0 Å². The van der Waals surface area contributed by atoms with Gasteiger partial charge in [0.1, 0.15) is 17.7 Å². The van der Waals surface area contributed by atoms with Crippen LogP contribution < -0.4 is 5.43 Å². The number of hydrogen-bond acceptors (Lipinski definition) is 6. The number of ether oxygens (including phenoxy) is 2. The number of phenols is 1. The van der Waals surface area contributed by atoms with Crippen molar-refractivity contribution in [1.29, 1.82) is 0 Å². The van der Waals surface area contributed by atoms with Gasteiger partial charge in [-0.1, -0.05) is 24.3 Å². The van der Waals surface area contributed by atoms with E-state index in [9.17, 15) is 9.90 Å². The fourth-order valence-corrected chi connectivity index (χ4v) is 3.38. The monoisotopic (exact) mass is 414 g/mol. The third kappa shape index (κ3) is 3.66. The number of hydrogen-bond donors (Lipinski definition) is 1. The van der Waals surface area contributed by atoms with Crippen molar-refractivity contribution < 1.29 is 14.6 Å². The summed E-state index contributed by atoms with van der Waals surface area (Å²) in [4.78, 5) is 12.6. The quantitative estimate of drug-likeness (QED) is 0.700. The van der Waals surface area contributed by atoms with Gasteiger partial charge in [-0.05, 0) is 36.6 Å². The molecule has 154 valence electrons. The molecule has 0 saturated carbocycles. The zero-order valence-corrected chi connectivity index (χ0v) is 16.4. The highest BCUT2D eigenvalue weighted by molar-refractivity contribution is 5.59. The largest absolute Gasteiger partial charge is 0.508 e. The highest BCUT2D eigenvalue weighted by Gasteiger charge is 2.21. The summed E-state index contributed by atoms with van der Waals surface area (Å²) < 4.78 is 14.5. The minimum atomic E-state index is -0.272. The lowest BCUT2D eigenvalue weighted by Gasteiger charge is -2.20. The Bertz CT molecular complexity index is 1330. The van der Waals surface area contributed by atoms with Gasteiger partial charge in [-0.3, -0.25) is 4.79 Å². The Balaban J connectivity index is 1.50. The molecule has 5 rings (SSSR count). The second kappa shape index (κ2) is 7.83. The summed E-state index contributed by atoms with van der Waals surface area (Å²) in [6.07, 6.45) is 13.9. The average Bonchev–Trinajstić information content (AvgIpc) is 3.30. The molecule has 2 aliphatic rings. The van der Waals surface area contributed by atoms with Gasteiger partial charge in [0.2, 0.25) is 5.43 Å². The van der Waals surface area contributed by atoms with Gasteiger partial charge >= 0.3 is 0 Å². The molecule has 2 aromatic heterocycles. The number of rotatable bonds is 4. The molecule has 8 heteroatoms. The van der Waals surface area contributed by atoms with Crippen molar-refractivity contribution in [3.63, 3.8) is 0 Å². The highest BCUT2D eigenvalue weighted by Crippen LogP contribution is 2.29. The van der Waals surface area contributed by atoms with Gasteiger partial charge in [-0.2, -0.15) is 14.9 Å². The van der Waals surface area contributed by atoms with Crippen molar-refractivity contribution in [1.82, 2.24) is 19.6 Å². The van der Waals surface area contributed by atoms with Gasteiger partial charge in [0.05, 0.1) is 11.9 Å². The predicted molar refractivity (Wildman–Crippen MR) is 114 cm³/mol. The summed E-state index contributed by atoms with van der Waals surface area (Å²) in [6, 6.07) is 9.71. The number of benzene rings is 1. The molecule has 1 N–H and O–H groups in total. The van der Waals surface area contributed by atoms with Gasteiger partial charge < -0.3 is 14.6 Å². The standard InChI is InChI=1S/C23H18N4O4/c28-18-8-4-7-17(13-18)26-12-10-20(29)23(25-26)19-9-11-24-27(19)22-15-30-14-21(31-22)16-5-2-1-3-6-16/h1-2,4-5,7-15,28H,3,6H2. The topological polar surface area (TPSA) is 91.4 Å². The summed E-state index contributed by atoms with van der Waals surface area (Å²) >= 11 is 0. The Kier molecular flexibility index (Phi) is 4.72. The van der Waals surface area contributed by atoms with Crippen LogP contribution in [0.25, 0.3) is 23.0 Å². The number of allylic oxidation sites excluding steroid dienone is 4. The number of aromatic hydroxyl groups is 1. The van der Waals surface area contributed by atoms with Crippen molar-refractivity contribution in [3.8, 4) is 22.8 Å². The molecule has 0 saturated heterocycles. The molecule has 1 aromatic carbocycles. The SMILES string of the molecule is O=c1ccn(-c2cccc(O)c2)nc1-c1ccnn1C1=COC=C(C2=CC=CCC2)O1. The van der Waals surface area contributed by atoms with Crippen LogP contribution in [0.3, 0.4) is 0 Å². The van der Waals surface area contributed by atoms with E-state index in [4.69, 9.17) is 9.47 Å². The molecule has 0 fully saturated rings. The molecule has 3 aromatic rings. The molecular weight excluding hydrogens is 396 g/mol. The first-order chi connectivity index (χ1) is 15.2. The van der Waals surface area contributed by atoms with E-state index in [2.05, 4.69) is 16.3 Å². The van der Waals surface area contributed by atoms with Crippen molar-refractivity contribution in [2.45, 2.75) is 12.8 Å². The predicted octanol–water partition coefficient (Wildman–Crippen LogP) is 3.72. The Morgan fingerprint density at radius 2 is 2.06 bits per heavy atom. The third-order valence-corrected chi connectivity index (χ3v) is 4.89. The molecule has 0 bridgehead atoms. The highest BCUT2D eigenvalue weighted by atomic mass is 16.6. The van der Waals surface area contributed by atoms with Crippen LogP contribution in [0.5, 0.6) is 5.75 Å². The molecule has 31 heavy (non-hydrogen) atoms. The molecule has 0 unspecified atom stereocenters. The fraction of sp³-hybridized carbons (Fsp3) is 0.0870. The van der Waals surface area contributed by atoms with Gasteiger partial charge in [0, 0.05) is 18.3 Å². The molecule has 0 amide bonds. The van der Waals surface area contributed by atoms with E-state index in [1.54, 1.807) is 49.0 Å². The minimum Gasteiger partial charge on any atom is -0.508 e. The van der Waals surface area contributed by atoms with Crippen LogP contribution in [-0.2, 0) is 9.47 Å².